The van der Waals surface area contributed by atoms with Crippen molar-refractivity contribution < 1.29 is 24.9 Å². The van der Waals surface area contributed by atoms with Gasteiger partial charge in [-0.3, -0.25) is 9.59 Å². The zero-order valence-corrected chi connectivity index (χ0v) is 15.9. The van der Waals surface area contributed by atoms with Crippen LogP contribution < -0.4 is 0 Å². The van der Waals surface area contributed by atoms with Gasteiger partial charge < -0.3 is 15.3 Å². The summed E-state index contributed by atoms with van der Waals surface area (Å²) in [5.74, 6) is 0.380. The lowest BCUT2D eigenvalue weighted by atomic mass is 9.44. The molecular formula is C21H32O5. The Bertz CT molecular complexity index is 632. The molecule has 0 bridgehead atoms. The summed E-state index contributed by atoms with van der Waals surface area (Å²) >= 11 is 0. The first-order valence-electron chi connectivity index (χ1n) is 10.2. The minimum absolute atomic E-state index is 0.0154. The van der Waals surface area contributed by atoms with Gasteiger partial charge in [0, 0.05) is 17.8 Å². The lowest BCUT2D eigenvalue weighted by molar-refractivity contribution is -0.180. The van der Waals surface area contributed by atoms with E-state index in [-0.39, 0.29) is 41.5 Å². The molecule has 0 unspecified atom stereocenters. The summed E-state index contributed by atoms with van der Waals surface area (Å²) in [6.07, 6.45) is 5.47. The number of carbonyl (C=O) groups excluding carboxylic acids is 2. The fraction of sp³-hybridized carbons (Fsp3) is 0.905. The van der Waals surface area contributed by atoms with Gasteiger partial charge in [0.05, 0.1) is 6.10 Å². The van der Waals surface area contributed by atoms with Crippen LogP contribution in [0.25, 0.3) is 0 Å². The molecule has 4 rings (SSSR count). The second-order valence-electron chi connectivity index (χ2n) is 10.00. The fourth-order valence-electron chi connectivity index (χ4n) is 7.64. The summed E-state index contributed by atoms with van der Waals surface area (Å²) in [6, 6.07) is 0. The van der Waals surface area contributed by atoms with Crippen LogP contribution in [0.4, 0.5) is 0 Å². The summed E-state index contributed by atoms with van der Waals surface area (Å²) in [6.45, 7) is 3.46. The second kappa shape index (κ2) is 5.86. The zero-order valence-electron chi connectivity index (χ0n) is 15.9. The van der Waals surface area contributed by atoms with E-state index >= 15 is 0 Å². The van der Waals surface area contributed by atoms with Gasteiger partial charge in [0.15, 0.2) is 5.78 Å². The van der Waals surface area contributed by atoms with Gasteiger partial charge in [0.2, 0.25) is 0 Å². The van der Waals surface area contributed by atoms with Crippen LogP contribution in [0.5, 0.6) is 0 Å². The van der Waals surface area contributed by atoms with Crippen LogP contribution in [0.15, 0.2) is 0 Å². The topological polar surface area (TPSA) is 94.8 Å². The Balaban J connectivity index is 1.70. The molecule has 0 amide bonds. The largest absolute Gasteiger partial charge is 0.393 e. The number of rotatable bonds is 2. The van der Waals surface area contributed by atoms with Crippen molar-refractivity contribution in [3.8, 4) is 0 Å². The molecule has 4 aliphatic rings. The molecule has 0 saturated heterocycles. The van der Waals surface area contributed by atoms with E-state index in [0.717, 1.165) is 38.5 Å². The fourth-order valence-corrected chi connectivity index (χ4v) is 7.64. The van der Waals surface area contributed by atoms with Gasteiger partial charge in [-0.05, 0) is 68.1 Å². The van der Waals surface area contributed by atoms with E-state index in [2.05, 4.69) is 6.92 Å². The lowest BCUT2D eigenvalue weighted by Gasteiger charge is -2.60. The van der Waals surface area contributed by atoms with Crippen LogP contribution >= 0.6 is 0 Å². The van der Waals surface area contributed by atoms with Crippen LogP contribution in [0.2, 0.25) is 0 Å². The van der Waals surface area contributed by atoms with Gasteiger partial charge in [-0.1, -0.05) is 13.8 Å². The first-order chi connectivity index (χ1) is 12.2. The van der Waals surface area contributed by atoms with Crippen molar-refractivity contribution in [1.29, 1.82) is 0 Å². The molecular weight excluding hydrogens is 332 g/mol. The number of fused-ring (bicyclic) bond motifs is 5. The van der Waals surface area contributed by atoms with Crippen LogP contribution in [-0.2, 0) is 9.59 Å². The molecule has 0 aromatic heterocycles. The van der Waals surface area contributed by atoms with E-state index in [4.69, 9.17) is 0 Å². The minimum Gasteiger partial charge on any atom is -0.393 e. The highest BCUT2D eigenvalue weighted by Gasteiger charge is 2.68. The van der Waals surface area contributed by atoms with Crippen LogP contribution in [0.3, 0.4) is 0 Å². The Kier molecular flexibility index (Phi) is 4.18. The average Bonchev–Trinajstić information content (AvgIpc) is 2.86. The van der Waals surface area contributed by atoms with Crippen molar-refractivity contribution in [3.05, 3.63) is 0 Å². The van der Waals surface area contributed by atoms with Gasteiger partial charge in [-0.25, -0.2) is 0 Å². The van der Waals surface area contributed by atoms with Crippen molar-refractivity contribution in [2.45, 2.75) is 76.9 Å². The zero-order chi connectivity index (χ0) is 18.9. The maximum atomic E-state index is 13.4. The Morgan fingerprint density at radius 2 is 1.88 bits per heavy atom. The summed E-state index contributed by atoms with van der Waals surface area (Å²) in [5.41, 5.74) is -2.40. The summed E-state index contributed by atoms with van der Waals surface area (Å²) in [4.78, 5) is 25.7. The number of aliphatic hydroxyl groups excluding tert-OH is 2. The standard InChI is InChI=1S/C21H32O5/c1-19-7-5-13(23)9-12(19)3-4-14-15-6-8-21(26,17(25)11-22)20(15,2)10-16(24)18(14)19/h12-15,18,22-23,26H,3-11H2,1-2H3/t12-,13-,14-,15+,18+,19-,20-,21-/m0/s1. The van der Waals surface area contributed by atoms with Crippen molar-refractivity contribution in [2.24, 2.45) is 34.5 Å². The Hall–Kier alpha value is -0.780. The number of hydrogen-bond acceptors (Lipinski definition) is 5. The highest BCUT2D eigenvalue weighted by molar-refractivity contribution is 5.92. The van der Waals surface area contributed by atoms with Crippen molar-refractivity contribution >= 4 is 11.6 Å². The summed E-state index contributed by atoms with van der Waals surface area (Å²) in [7, 11) is 0. The van der Waals surface area contributed by atoms with Crippen LogP contribution in [-0.4, -0.2) is 45.2 Å². The lowest BCUT2D eigenvalue weighted by Crippen LogP contribution is -2.62. The molecule has 0 radical (unpaired) electrons. The molecule has 5 nitrogen and oxygen atoms in total. The van der Waals surface area contributed by atoms with Crippen LogP contribution in [0, 0.1) is 34.5 Å². The second-order valence-corrected chi connectivity index (χ2v) is 10.00. The van der Waals surface area contributed by atoms with Gasteiger partial charge >= 0.3 is 0 Å². The third-order valence-corrected chi connectivity index (χ3v) is 9.08. The van der Waals surface area contributed by atoms with Gasteiger partial charge in [-0.15, -0.1) is 0 Å². The Morgan fingerprint density at radius 3 is 2.58 bits per heavy atom. The highest BCUT2D eigenvalue weighted by Crippen LogP contribution is 2.67. The Labute approximate surface area is 155 Å². The summed E-state index contributed by atoms with van der Waals surface area (Å²) in [5, 5.41) is 30.6. The molecule has 4 saturated carbocycles. The number of aliphatic hydroxyl groups is 3. The predicted molar refractivity (Wildman–Crippen MR) is 95.2 cm³/mol. The van der Waals surface area contributed by atoms with E-state index in [1.54, 1.807) is 0 Å². The number of carbonyl (C=O) groups is 2. The SMILES string of the molecule is C[C@]12CC[C@H](O)C[C@@H]1CC[C@H]1[C@H]3CC[C@](O)(C(=O)CO)[C@@]3(C)CC(=O)[C@@H]12. The third kappa shape index (κ3) is 2.20. The first kappa shape index (κ1) is 18.6. The maximum Gasteiger partial charge on any atom is 0.190 e. The number of hydrogen-bond donors (Lipinski definition) is 3. The molecule has 26 heavy (non-hydrogen) atoms. The Morgan fingerprint density at radius 1 is 1.15 bits per heavy atom. The maximum absolute atomic E-state index is 13.4. The highest BCUT2D eigenvalue weighted by atomic mass is 16.3. The summed E-state index contributed by atoms with van der Waals surface area (Å²) < 4.78 is 0. The average molecular weight is 364 g/mol. The molecule has 4 aliphatic carbocycles. The van der Waals surface area contributed by atoms with Crippen LogP contribution in [0.1, 0.15) is 65.2 Å². The number of ketones is 2. The van der Waals surface area contributed by atoms with E-state index in [1.165, 1.54) is 0 Å². The third-order valence-electron chi connectivity index (χ3n) is 9.08. The van der Waals surface area contributed by atoms with Gasteiger partial charge in [0.1, 0.15) is 18.0 Å². The molecule has 8 atom stereocenters. The van der Waals surface area contributed by atoms with E-state index in [0.29, 0.717) is 12.3 Å². The number of Topliss-reactive ketones (excluding diaryl/α,β-unsaturated/α-hetero) is 2. The quantitative estimate of drug-likeness (QED) is 0.695. The molecule has 0 aromatic carbocycles. The molecule has 0 heterocycles. The van der Waals surface area contributed by atoms with E-state index < -0.39 is 23.4 Å². The van der Waals surface area contributed by atoms with E-state index in [1.807, 2.05) is 6.92 Å². The van der Waals surface area contributed by atoms with Crippen molar-refractivity contribution in [3.63, 3.8) is 0 Å². The molecule has 5 heteroatoms. The molecule has 0 aromatic rings. The van der Waals surface area contributed by atoms with Crippen molar-refractivity contribution in [1.82, 2.24) is 0 Å². The molecule has 0 spiro atoms. The smallest absolute Gasteiger partial charge is 0.190 e. The predicted octanol–water partition coefficient (Wildman–Crippen LogP) is 1.86. The van der Waals surface area contributed by atoms with E-state index in [9.17, 15) is 24.9 Å². The first-order valence-corrected chi connectivity index (χ1v) is 10.2. The minimum atomic E-state index is -1.58. The normalized spacial score (nSPS) is 53.6. The molecule has 4 fully saturated rings. The molecule has 0 aliphatic heterocycles. The van der Waals surface area contributed by atoms with Gasteiger partial charge in [0.25, 0.3) is 0 Å². The monoisotopic (exact) mass is 364 g/mol. The van der Waals surface area contributed by atoms with Gasteiger partial charge in [-0.2, -0.15) is 0 Å². The van der Waals surface area contributed by atoms with Crippen molar-refractivity contribution in [2.75, 3.05) is 6.61 Å². The molecule has 146 valence electrons. The molecule has 3 N–H and O–H groups in total.